The van der Waals surface area contributed by atoms with Crippen LogP contribution in [-0.2, 0) is 9.53 Å². The van der Waals surface area contributed by atoms with Gasteiger partial charge in [0.1, 0.15) is 12.9 Å². The zero-order chi connectivity index (χ0) is 4.83. The Kier molecular flexibility index (Phi) is 16.3. The second-order valence-corrected chi connectivity index (χ2v) is 0.826. The zero-order valence-electron chi connectivity index (χ0n) is 3.81. The molecule has 0 aliphatic rings. The van der Waals surface area contributed by atoms with E-state index in [1.165, 1.54) is 0 Å². The second kappa shape index (κ2) is 10.3. The standard InChI is InChI=1S/C4H8O2.K.H/c1-2-6-4-3-5;;/h3H,2,4H2,1H3;;. The first kappa shape index (κ1) is 11.1. The summed E-state index contributed by atoms with van der Waals surface area (Å²) in [5, 5.41) is 0. The van der Waals surface area contributed by atoms with Crippen LogP contribution in [0.2, 0.25) is 0 Å². The Bertz CT molecular complexity index is 38.7. The number of hydrogen-bond donors (Lipinski definition) is 0. The van der Waals surface area contributed by atoms with E-state index in [4.69, 9.17) is 0 Å². The van der Waals surface area contributed by atoms with Gasteiger partial charge in [-0.15, -0.1) is 0 Å². The molecule has 0 saturated carbocycles. The molecule has 0 heterocycles. The summed E-state index contributed by atoms with van der Waals surface area (Å²) < 4.78 is 4.61. The molecule has 0 amide bonds. The van der Waals surface area contributed by atoms with Crippen molar-refractivity contribution in [3.05, 3.63) is 0 Å². The molecule has 3 heteroatoms. The maximum atomic E-state index is 9.44. The molecule has 0 aromatic carbocycles. The van der Waals surface area contributed by atoms with Gasteiger partial charge in [-0.2, -0.15) is 0 Å². The van der Waals surface area contributed by atoms with Crippen molar-refractivity contribution >= 4 is 57.7 Å². The maximum absolute atomic E-state index is 9.44. The van der Waals surface area contributed by atoms with Crippen molar-refractivity contribution in [2.24, 2.45) is 0 Å². The van der Waals surface area contributed by atoms with Gasteiger partial charge in [0.2, 0.25) is 0 Å². The van der Waals surface area contributed by atoms with Crippen LogP contribution in [-0.4, -0.2) is 70.9 Å². The van der Waals surface area contributed by atoms with E-state index < -0.39 is 0 Å². The molecule has 2 nitrogen and oxygen atoms in total. The molecule has 0 rings (SSSR count). The summed E-state index contributed by atoms with van der Waals surface area (Å²) in [5.74, 6) is 0. The molecule has 0 N–H and O–H groups in total. The van der Waals surface area contributed by atoms with Crippen molar-refractivity contribution in [3.63, 3.8) is 0 Å². The van der Waals surface area contributed by atoms with Gasteiger partial charge in [-0.25, -0.2) is 0 Å². The average Bonchev–Trinajstić information content (AvgIpc) is 1.61. The number of rotatable bonds is 3. The predicted molar refractivity (Wildman–Crippen MR) is 29.7 cm³/mol. The number of carbonyl (C=O) groups is 1. The van der Waals surface area contributed by atoms with Crippen molar-refractivity contribution in [1.82, 2.24) is 0 Å². The molecule has 0 saturated heterocycles. The molecule has 0 aromatic heterocycles. The van der Waals surface area contributed by atoms with Crippen molar-refractivity contribution < 1.29 is 9.53 Å². The monoisotopic (exact) mass is 128 g/mol. The number of hydrogen-bond acceptors (Lipinski definition) is 2. The van der Waals surface area contributed by atoms with Gasteiger partial charge in [0, 0.05) is 6.61 Å². The van der Waals surface area contributed by atoms with E-state index in [0.29, 0.717) is 6.61 Å². The van der Waals surface area contributed by atoms with Crippen LogP contribution in [0.1, 0.15) is 6.92 Å². The fraction of sp³-hybridized carbons (Fsp3) is 0.750. The fourth-order valence-electron chi connectivity index (χ4n) is 0.166. The summed E-state index contributed by atoms with van der Waals surface area (Å²) in [6.07, 6.45) is 0.740. The zero-order valence-corrected chi connectivity index (χ0v) is 3.81. The molecular formula is C4H9KO2. The second-order valence-electron chi connectivity index (χ2n) is 0.826. The minimum absolute atomic E-state index is 0. The number of ether oxygens (including phenoxy) is 1. The first-order chi connectivity index (χ1) is 2.91. The van der Waals surface area contributed by atoms with Crippen LogP contribution in [0.3, 0.4) is 0 Å². The molecule has 0 aliphatic carbocycles. The molecule has 0 aliphatic heterocycles. The molecule has 0 radical (unpaired) electrons. The van der Waals surface area contributed by atoms with Crippen molar-refractivity contribution in [2.45, 2.75) is 6.92 Å². The van der Waals surface area contributed by atoms with Crippen LogP contribution in [0.5, 0.6) is 0 Å². The van der Waals surface area contributed by atoms with Crippen LogP contribution in [0.4, 0.5) is 0 Å². The van der Waals surface area contributed by atoms with Crippen LogP contribution >= 0.6 is 0 Å². The molecule has 0 unspecified atom stereocenters. The van der Waals surface area contributed by atoms with Gasteiger partial charge < -0.3 is 9.53 Å². The summed E-state index contributed by atoms with van der Waals surface area (Å²) >= 11 is 0. The Morgan fingerprint density at radius 1 is 1.71 bits per heavy atom. The quantitative estimate of drug-likeness (QED) is 0.293. The van der Waals surface area contributed by atoms with E-state index in [-0.39, 0.29) is 58.0 Å². The third-order valence-corrected chi connectivity index (χ3v) is 0.390. The van der Waals surface area contributed by atoms with Crippen molar-refractivity contribution in [1.29, 1.82) is 0 Å². The van der Waals surface area contributed by atoms with Gasteiger partial charge in [0.05, 0.1) is 0 Å². The van der Waals surface area contributed by atoms with Gasteiger partial charge in [-0.1, -0.05) is 0 Å². The van der Waals surface area contributed by atoms with E-state index in [9.17, 15) is 4.79 Å². The molecule has 0 aromatic rings. The third-order valence-electron chi connectivity index (χ3n) is 0.390. The normalized spacial score (nSPS) is 7.00. The van der Waals surface area contributed by atoms with Gasteiger partial charge >= 0.3 is 51.4 Å². The molecule has 0 fully saturated rings. The average molecular weight is 128 g/mol. The SMILES string of the molecule is CCOCC=O.[KH]. The summed E-state index contributed by atoms with van der Waals surface area (Å²) in [6, 6.07) is 0. The summed E-state index contributed by atoms with van der Waals surface area (Å²) in [6.45, 7) is 2.71. The third kappa shape index (κ3) is 11.1. The number of aldehydes is 1. The summed E-state index contributed by atoms with van der Waals surface area (Å²) in [5.41, 5.74) is 0. The molecule has 0 bridgehead atoms. The Balaban J connectivity index is 0. The minimum atomic E-state index is 0. The summed E-state index contributed by atoms with van der Waals surface area (Å²) in [4.78, 5) is 9.44. The van der Waals surface area contributed by atoms with E-state index in [0.717, 1.165) is 6.29 Å². The first-order valence-electron chi connectivity index (χ1n) is 1.93. The number of carbonyl (C=O) groups excluding carboxylic acids is 1. The first-order valence-corrected chi connectivity index (χ1v) is 1.93. The Morgan fingerprint density at radius 3 is 2.43 bits per heavy atom. The van der Waals surface area contributed by atoms with Crippen LogP contribution in [0.15, 0.2) is 0 Å². The van der Waals surface area contributed by atoms with E-state index in [1.54, 1.807) is 0 Å². The predicted octanol–water partition coefficient (Wildman–Crippen LogP) is -0.427. The summed E-state index contributed by atoms with van der Waals surface area (Å²) in [7, 11) is 0. The Morgan fingerprint density at radius 2 is 2.29 bits per heavy atom. The van der Waals surface area contributed by atoms with Gasteiger partial charge in [-0.3, -0.25) is 0 Å². The fourth-order valence-corrected chi connectivity index (χ4v) is 0.166. The molecule has 38 valence electrons. The van der Waals surface area contributed by atoms with E-state index >= 15 is 0 Å². The van der Waals surface area contributed by atoms with Crippen LogP contribution < -0.4 is 0 Å². The van der Waals surface area contributed by atoms with Gasteiger partial charge in [0.15, 0.2) is 0 Å². The van der Waals surface area contributed by atoms with Gasteiger partial charge in [0.25, 0.3) is 0 Å². The molecule has 0 atom stereocenters. The molecule has 7 heavy (non-hydrogen) atoms. The van der Waals surface area contributed by atoms with Crippen molar-refractivity contribution in [2.75, 3.05) is 13.2 Å². The topological polar surface area (TPSA) is 26.3 Å². The van der Waals surface area contributed by atoms with Crippen molar-refractivity contribution in [3.8, 4) is 0 Å². The van der Waals surface area contributed by atoms with Crippen LogP contribution in [0, 0.1) is 0 Å². The van der Waals surface area contributed by atoms with E-state index in [2.05, 4.69) is 4.74 Å². The Hall–Kier alpha value is 1.27. The van der Waals surface area contributed by atoms with Crippen LogP contribution in [0.25, 0.3) is 0 Å². The van der Waals surface area contributed by atoms with E-state index in [1.807, 2.05) is 6.92 Å². The van der Waals surface area contributed by atoms with Gasteiger partial charge in [-0.05, 0) is 6.92 Å². The molecular weight excluding hydrogens is 119 g/mol. The molecule has 0 spiro atoms. The Labute approximate surface area is 86.0 Å².